The Hall–Kier alpha value is -2.15. The number of anilines is 1. The average Bonchev–Trinajstić information content (AvgIpc) is 3.27. The van der Waals surface area contributed by atoms with Crippen LogP contribution in [0.2, 0.25) is 0 Å². The van der Waals surface area contributed by atoms with Gasteiger partial charge in [0.25, 0.3) is 0 Å². The van der Waals surface area contributed by atoms with E-state index in [0.717, 1.165) is 41.3 Å². The molecule has 138 valence electrons. The van der Waals surface area contributed by atoms with Crippen molar-refractivity contribution in [1.29, 1.82) is 0 Å². The van der Waals surface area contributed by atoms with Crippen molar-refractivity contribution in [3.63, 3.8) is 0 Å². The summed E-state index contributed by atoms with van der Waals surface area (Å²) in [6.45, 7) is 0. The van der Waals surface area contributed by atoms with Gasteiger partial charge in [-0.05, 0) is 48.8 Å². The first-order valence-electron chi connectivity index (χ1n) is 8.98. The zero-order valence-corrected chi connectivity index (χ0v) is 15.9. The van der Waals surface area contributed by atoms with Crippen LogP contribution in [0.5, 0.6) is 11.5 Å². The van der Waals surface area contributed by atoms with Crippen molar-refractivity contribution in [2.24, 2.45) is 11.3 Å². The molecule has 0 saturated heterocycles. The van der Waals surface area contributed by atoms with E-state index in [1.807, 2.05) is 18.2 Å². The fourth-order valence-corrected chi connectivity index (χ4v) is 4.53. The number of nitrogens with zero attached hydrogens (tertiary/aromatic N) is 2. The molecule has 2 fully saturated rings. The second kappa shape index (κ2) is 6.87. The molecule has 2 aliphatic rings. The van der Waals surface area contributed by atoms with Crippen LogP contribution in [-0.4, -0.2) is 30.3 Å². The van der Waals surface area contributed by atoms with Gasteiger partial charge >= 0.3 is 0 Å². The first-order chi connectivity index (χ1) is 12.6. The summed E-state index contributed by atoms with van der Waals surface area (Å²) < 4.78 is 10.6. The summed E-state index contributed by atoms with van der Waals surface area (Å²) in [5, 5.41) is 12.8. The summed E-state index contributed by atoms with van der Waals surface area (Å²) in [4.78, 5) is 12.3. The Morgan fingerprint density at radius 3 is 2.69 bits per heavy atom. The average molecular weight is 373 g/mol. The summed E-state index contributed by atoms with van der Waals surface area (Å²) in [5.74, 6) is 1.76. The SMILES string of the molecule is COc1ccc(CCc2nnc(NC(=O)C3CC34CCC4)s2)cc1OC. The molecular formula is C19H23N3O3S. The highest BCUT2D eigenvalue weighted by atomic mass is 32.1. The predicted molar refractivity (Wildman–Crippen MR) is 99.9 cm³/mol. The Morgan fingerprint density at radius 1 is 1.23 bits per heavy atom. The quantitative estimate of drug-likeness (QED) is 0.804. The third-order valence-electron chi connectivity index (χ3n) is 5.63. The Kier molecular flexibility index (Phi) is 4.56. The van der Waals surface area contributed by atoms with Gasteiger partial charge < -0.3 is 14.8 Å². The first-order valence-corrected chi connectivity index (χ1v) is 9.79. The molecule has 0 bridgehead atoms. The Balaban J connectivity index is 1.32. The number of hydrogen-bond acceptors (Lipinski definition) is 6. The third kappa shape index (κ3) is 3.28. The van der Waals surface area contributed by atoms with E-state index in [2.05, 4.69) is 15.5 Å². The summed E-state index contributed by atoms with van der Waals surface area (Å²) >= 11 is 1.46. The van der Waals surface area contributed by atoms with Gasteiger partial charge in [-0.25, -0.2) is 0 Å². The van der Waals surface area contributed by atoms with E-state index < -0.39 is 0 Å². The summed E-state index contributed by atoms with van der Waals surface area (Å²) in [5.41, 5.74) is 1.48. The van der Waals surface area contributed by atoms with Gasteiger partial charge in [0.05, 0.1) is 14.2 Å². The standard InChI is InChI=1S/C19H23N3O3S/c1-24-14-6-4-12(10-15(14)25-2)5-7-16-21-22-18(26-16)20-17(23)13-11-19(13)8-3-9-19/h4,6,10,13H,3,5,7-9,11H2,1-2H3,(H,20,22,23). The van der Waals surface area contributed by atoms with Crippen molar-refractivity contribution in [2.45, 2.75) is 38.5 Å². The number of hydrogen-bond donors (Lipinski definition) is 1. The molecule has 1 atom stereocenters. The lowest BCUT2D eigenvalue weighted by molar-refractivity contribution is -0.118. The van der Waals surface area contributed by atoms with Crippen LogP contribution in [0.4, 0.5) is 5.13 Å². The molecule has 2 aromatic rings. The van der Waals surface area contributed by atoms with Crippen molar-refractivity contribution in [2.75, 3.05) is 19.5 Å². The summed E-state index contributed by atoms with van der Waals surface area (Å²) in [7, 11) is 3.26. The van der Waals surface area contributed by atoms with Gasteiger partial charge in [-0.15, -0.1) is 10.2 Å². The van der Waals surface area contributed by atoms with E-state index in [4.69, 9.17) is 9.47 Å². The highest BCUT2D eigenvalue weighted by Gasteiger charge is 2.60. The third-order valence-corrected chi connectivity index (χ3v) is 6.53. The topological polar surface area (TPSA) is 73.3 Å². The number of carbonyl (C=O) groups is 1. The monoisotopic (exact) mass is 373 g/mol. The number of aromatic nitrogens is 2. The first kappa shape index (κ1) is 17.3. The van der Waals surface area contributed by atoms with Crippen molar-refractivity contribution in [3.05, 3.63) is 28.8 Å². The lowest BCUT2D eigenvalue weighted by Crippen LogP contribution is -2.23. The number of amides is 1. The second-order valence-electron chi connectivity index (χ2n) is 7.15. The van der Waals surface area contributed by atoms with Crippen molar-refractivity contribution >= 4 is 22.4 Å². The smallest absolute Gasteiger partial charge is 0.229 e. The molecule has 1 N–H and O–H groups in total. The Morgan fingerprint density at radius 2 is 2.04 bits per heavy atom. The van der Waals surface area contributed by atoms with E-state index in [-0.39, 0.29) is 11.8 Å². The summed E-state index contributed by atoms with van der Waals surface area (Å²) in [6.07, 6.45) is 6.33. The van der Waals surface area contributed by atoms with Crippen LogP contribution in [0.25, 0.3) is 0 Å². The summed E-state index contributed by atoms with van der Waals surface area (Å²) in [6, 6.07) is 5.91. The number of carbonyl (C=O) groups excluding carboxylic acids is 1. The molecule has 4 rings (SSSR count). The van der Waals surface area contributed by atoms with Gasteiger partial charge in [0.1, 0.15) is 5.01 Å². The molecule has 0 aliphatic heterocycles. The van der Waals surface area contributed by atoms with Crippen LogP contribution < -0.4 is 14.8 Å². The highest BCUT2D eigenvalue weighted by molar-refractivity contribution is 7.15. The second-order valence-corrected chi connectivity index (χ2v) is 8.21. The van der Waals surface area contributed by atoms with Crippen LogP contribution in [0.3, 0.4) is 0 Å². The van der Waals surface area contributed by atoms with Gasteiger partial charge in [0.2, 0.25) is 11.0 Å². The number of benzene rings is 1. The molecule has 1 spiro atoms. The Bertz CT molecular complexity index is 816. The largest absolute Gasteiger partial charge is 0.493 e. The van der Waals surface area contributed by atoms with Crippen molar-refractivity contribution in [3.8, 4) is 11.5 Å². The maximum Gasteiger partial charge on any atom is 0.229 e. The minimum atomic E-state index is 0.118. The number of ether oxygens (including phenoxy) is 2. The van der Waals surface area contributed by atoms with Crippen LogP contribution in [-0.2, 0) is 17.6 Å². The van der Waals surface area contributed by atoms with Crippen molar-refractivity contribution in [1.82, 2.24) is 10.2 Å². The molecule has 1 amide bonds. The molecule has 1 unspecified atom stereocenters. The molecule has 0 radical (unpaired) electrons. The number of methoxy groups -OCH3 is 2. The minimum Gasteiger partial charge on any atom is -0.493 e. The van der Waals surface area contributed by atoms with E-state index in [0.29, 0.717) is 10.5 Å². The van der Waals surface area contributed by atoms with E-state index >= 15 is 0 Å². The highest BCUT2D eigenvalue weighted by Crippen LogP contribution is 2.65. The molecule has 6 nitrogen and oxygen atoms in total. The minimum absolute atomic E-state index is 0.118. The Labute approximate surface area is 156 Å². The van der Waals surface area contributed by atoms with E-state index in [9.17, 15) is 4.79 Å². The number of nitrogens with one attached hydrogen (secondary N) is 1. The molecule has 7 heteroatoms. The van der Waals surface area contributed by atoms with Gasteiger partial charge in [-0.1, -0.05) is 23.8 Å². The molecule has 2 aliphatic carbocycles. The zero-order chi connectivity index (χ0) is 18.1. The van der Waals surface area contributed by atoms with E-state index in [1.165, 1.54) is 30.6 Å². The lowest BCUT2D eigenvalue weighted by atomic mass is 9.80. The van der Waals surface area contributed by atoms with Gasteiger partial charge in [-0.2, -0.15) is 0 Å². The van der Waals surface area contributed by atoms with Crippen LogP contribution in [0.15, 0.2) is 18.2 Å². The van der Waals surface area contributed by atoms with Crippen molar-refractivity contribution < 1.29 is 14.3 Å². The molecule has 26 heavy (non-hydrogen) atoms. The number of rotatable bonds is 7. The zero-order valence-electron chi connectivity index (χ0n) is 15.1. The number of aryl methyl sites for hydroxylation is 2. The van der Waals surface area contributed by atoms with Gasteiger partial charge in [0.15, 0.2) is 11.5 Å². The van der Waals surface area contributed by atoms with Crippen LogP contribution >= 0.6 is 11.3 Å². The van der Waals surface area contributed by atoms with Gasteiger partial charge in [0, 0.05) is 12.3 Å². The lowest BCUT2D eigenvalue weighted by Gasteiger charge is -2.26. The molecule has 1 aromatic carbocycles. The van der Waals surface area contributed by atoms with E-state index in [1.54, 1.807) is 14.2 Å². The van der Waals surface area contributed by atoms with Crippen LogP contribution in [0, 0.1) is 11.3 Å². The molecule has 1 heterocycles. The van der Waals surface area contributed by atoms with Crippen LogP contribution in [0.1, 0.15) is 36.3 Å². The fraction of sp³-hybridized carbons (Fsp3) is 0.526. The molecule has 2 saturated carbocycles. The molecule has 1 aromatic heterocycles. The molecular weight excluding hydrogens is 350 g/mol. The normalized spacial score (nSPS) is 19.7. The maximum absolute atomic E-state index is 12.3. The fourth-order valence-electron chi connectivity index (χ4n) is 3.79. The predicted octanol–water partition coefficient (Wildman–Crippen LogP) is 3.47. The maximum atomic E-state index is 12.3. The van der Waals surface area contributed by atoms with Gasteiger partial charge in [-0.3, -0.25) is 4.79 Å².